The lowest BCUT2D eigenvalue weighted by molar-refractivity contribution is 0.102. The van der Waals surface area contributed by atoms with Crippen LogP contribution >= 0.6 is 22.6 Å². The van der Waals surface area contributed by atoms with E-state index in [1.807, 2.05) is 12.1 Å². The van der Waals surface area contributed by atoms with Crippen molar-refractivity contribution in [2.75, 3.05) is 36.6 Å². The average molecular weight is 504 g/mol. The van der Waals surface area contributed by atoms with Gasteiger partial charge in [0.1, 0.15) is 0 Å². The van der Waals surface area contributed by atoms with Crippen LogP contribution in [0.3, 0.4) is 0 Å². The maximum absolute atomic E-state index is 12.9. The zero-order valence-corrected chi connectivity index (χ0v) is 18.4. The van der Waals surface area contributed by atoms with Crippen LogP contribution < -0.4 is 19.1 Å². The lowest BCUT2D eigenvalue weighted by atomic mass is 10.1. The van der Waals surface area contributed by atoms with Gasteiger partial charge in [-0.1, -0.05) is 0 Å². The van der Waals surface area contributed by atoms with E-state index in [0.717, 1.165) is 14.1 Å². The van der Waals surface area contributed by atoms with Crippen LogP contribution in [0.5, 0.6) is 11.5 Å². The molecule has 0 heterocycles. The fourth-order valence-corrected chi connectivity index (χ4v) is 3.91. The highest BCUT2D eigenvalue weighted by atomic mass is 127. The lowest BCUT2D eigenvalue weighted by Crippen LogP contribution is -2.31. The number of carbonyl (C=O) groups is 1. The smallest absolute Gasteiger partial charge is 0.257 e. The van der Waals surface area contributed by atoms with E-state index in [9.17, 15) is 13.2 Å². The van der Waals surface area contributed by atoms with Crippen molar-refractivity contribution in [3.05, 3.63) is 45.5 Å². The summed E-state index contributed by atoms with van der Waals surface area (Å²) in [6, 6.07) is 10.2. The van der Waals surface area contributed by atoms with Crippen LogP contribution in [0.25, 0.3) is 0 Å². The van der Waals surface area contributed by atoms with Crippen LogP contribution in [0.15, 0.2) is 36.4 Å². The van der Waals surface area contributed by atoms with Gasteiger partial charge in [-0.2, -0.15) is 0 Å². The van der Waals surface area contributed by atoms with Gasteiger partial charge in [-0.15, -0.1) is 0 Å². The minimum absolute atomic E-state index is 0.165. The van der Waals surface area contributed by atoms with Gasteiger partial charge in [0.2, 0.25) is 10.0 Å². The molecule has 2 aromatic carbocycles. The normalized spacial score (nSPS) is 11.0. The molecule has 0 atom stereocenters. The molecule has 0 spiro atoms. The van der Waals surface area contributed by atoms with E-state index in [1.165, 1.54) is 26.4 Å². The van der Waals surface area contributed by atoms with Crippen LogP contribution in [0.1, 0.15) is 17.3 Å². The topological polar surface area (TPSA) is 84.9 Å². The van der Waals surface area contributed by atoms with Crippen LogP contribution in [0, 0.1) is 3.57 Å². The third kappa shape index (κ3) is 5.04. The first kappa shape index (κ1) is 21.3. The SMILES string of the molecule is CCN(c1cc(OC)c(OC)cc1C(=O)Nc1ccc(I)cc1)S(C)(=O)=O. The van der Waals surface area contributed by atoms with Crippen molar-refractivity contribution in [3.63, 3.8) is 0 Å². The van der Waals surface area contributed by atoms with Gasteiger partial charge >= 0.3 is 0 Å². The highest BCUT2D eigenvalue weighted by Gasteiger charge is 2.25. The number of rotatable bonds is 7. The first-order valence-electron chi connectivity index (χ1n) is 8.02. The van der Waals surface area contributed by atoms with Gasteiger partial charge in [0, 0.05) is 21.9 Å². The second-order valence-corrected chi connectivity index (χ2v) is 8.77. The Bertz CT molecular complexity index is 930. The fourth-order valence-electron chi connectivity index (χ4n) is 2.57. The minimum Gasteiger partial charge on any atom is -0.493 e. The summed E-state index contributed by atoms with van der Waals surface area (Å²) in [5.74, 6) is 0.216. The van der Waals surface area contributed by atoms with Crippen molar-refractivity contribution in [1.82, 2.24) is 0 Å². The summed E-state index contributed by atoms with van der Waals surface area (Å²) in [7, 11) is -0.692. The molecular weight excluding hydrogens is 483 g/mol. The zero-order valence-electron chi connectivity index (χ0n) is 15.4. The molecule has 0 saturated heterocycles. The Hall–Kier alpha value is -2.01. The molecule has 2 rings (SSSR count). The molecule has 27 heavy (non-hydrogen) atoms. The van der Waals surface area contributed by atoms with Gasteiger partial charge in [0.15, 0.2) is 11.5 Å². The van der Waals surface area contributed by atoms with E-state index < -0.39 is 15.9 Å². The van der Waals surface area contributed by atoms with Crippen LogP contribution in [-0.4, -0.2) is 41.3 Å². The van der Waals surface area contributed by atoms with Crippen molar-refractivity contribution in [1.29, 1.82) is 0 Å². The van der Waals surface area contributed by atoms with E-state index >= 15 is 0 Å². The van der Waals surface area contributed by atoms with Gasteiger partial charge in [0.25, 0.3) is 5.91 Å². The number of sulfonamides is 1. The number of hydrogen-bond acceptors (Lipinski definition) is 5. The van der Waals surface area contributed by atoms with Gasteiger partial charge in [-0.05, 0) is 59.8 Å². The Balaban J connectivity index is 2.57. The second-order valence-electron chi connectivity index (χ2n) is 5.61. The van der Waals surface area contributed by atoms with Gasteiger partial charge in [-0.3, -0.25) is 9.10 Å². The Morgan fingerprint density at radius 2 is 1.67 bits per heavy atom. The largest absolute Gasteiger partial charge is 0.493 e. The molecule has 0 aliphatic heterocycles. The molecule has 0 aromatic heterocycles. The summed E-state index contributed by atoms with van der Waals surface area (Å²) < 4.78 is 37.1. The molecular formula is C18H21IN2O5S. The Morgan fingerprint density at radius 3 is 2.15 bits per heavy atom. The number of nitrogens with zero attached hydrogens (tertiary/aromatic N) is 1. The van der Waals surface area contributed by atoms with E-state index in [4.69, 9.17) is 9.47 Å². The number of hydrogen-bond donors (Lipinski definition) is 1. The maximum Gasteiger partial charge on any atom is 0.257 e. The Labute approximate surface area is 172 Å². The number of methoxy groups -OCH3 is 2. The van der Waals surface area contributed by atoms with Crippen molar-refractivity contribution >= 4 is 49.9 Å². The van der Waals surface area contributed by atoms with Gasteiger partial charge in [-0.25, -0.2) is 8.42 Å². The molecule has 0 fully saturated rings. The molecule has 7 nitrogen and oxygen atoms in total. The maximum atomic E-state index is 12.9. The van der Waals surface area contributed by atoms with Gasteiger partial charge in [0.05, 0.1) is 31.7 Å². The van der Waals surface area contributed by atoms with Crippen LogP contribution in [-0.2, 0) is 10.0 Å². The molecule has 0 saturated carbocycles. The predicted molar refractivity (Wildman–Crippen MR) is 115 cm³/mol. The van der Waals surface area contributed by atoms with Crippen molar-refractivity contribution in [2.45, 2.75) is 6.92 Å². The monoisotopic (exact) mass is 504 g/mol. The van der Waals surface area contributed by atoms with E-state index in [2.05, 4.69) is 27.9 Å². The highest BCUT2D eigenvalue weighted by Crippen LogP contribution is 2.36. The summed E-state index contributed by atoms with van der Waals surface area (Å²) in [5.41, 5.74) is 0.989. The summed E-state index contributed by atoms with van der Waals surface area (Å²) in [5, 5.41) is 2.78. The molecule has 2 aromatic rings. The Morgan fingerprint density at radius 1 is 1.11 bits per heavy atom. The van der Waals surface area contributed by atoms with Gasteiger partial charge < -0.3 is 14.8 Å². The summed E-state index contributed by atoms with van der Waals surface area (Å²) in [6.45, 7) is 1.86. The number of nitrogens with one attached hydrogen (secondary N) is 1. The first-order valence-corrected chi connectivity index (χ1v) is 10.9. The molecule has 0 bridgehead atoms. The van der Waals surface area contributed by atoms with Crippen molar-refractivity contribution < 1.29 is 22.7 Å². The third-order valence-corrected chi connectivity index (χ3v) is 5.78. The molecule has 0 aliphatic carbocycles. The zero-order chi connectivity index (χ0) is 20.2. The van der Waals surface area contributed by atoms with Crippen LogP contribution in [0.2, 0.25) is 0 Å². The second kappa shape index (κ2) is 8.79. The molecule has 146 valence electrons. The fraction of sp³-hybridized carbons (Fsp3) is 0.278. The number of ether oxygens (including phenoxy) is 2. The number of benzene rings is 2. The molecule has 1 amide bonds. The number of amides is 1. The molecule has 0 aliphatic rings. The van der Waals surface area contributed by atoms with Crippen molar-refractivity contribution in [2.24, 2.45) is 0 Å². The lowest BCUT2D eigenvalue weighted by Gasteiger charge is -2.24. The standard InChI is InChI=1S/C18H21IN2O5S/c1-5-21(27(4,23)24)15-11-17(26-3)16(25-2)10-14(15)18(22)20-13-8-6-12(19)7-9-13/h6-11H,5H2,1-4H3,(H,20,22). The summed E-state index contributed by atoms with van der Waals surface area (Å²) in [6.07, 6.45) is 1.09. The molecule has 0 radical (unpaired) electrons. The van der Waals surface area contributed by atoms with E-state index in [0.29, 0.717) is 17.2 Å². The number of halogens is 1. The highest BCUT2D eigenvalue weighted by molar-refractivity contribution is 14.1. The average Bonchev–Trinajstić information content (AvgIpc) is 2.62. The number of carbonyl (C=O) groups excluding carboxylic acids is 1. The predicted octanol–water partition coefficient (Wildman–Crippen LogP) is 3.35. The van der Waals surface area contributed by atoms with E-state index in [1.54, 1.807) is 19.1 Å². The molecule has 0 unspecified atom stereocenters. The minimum atomic E-state index is -3.59. The molecule has 1 N–H and O–H groups in total. The van der Waals surface area contributed by atoms with E-state index in [-0.39, 0.29) is 17.8 Å². The third-order valence-electron chi connectivity index (χ3n) is 3.80. The summed E-state index contributed by atoms with van der Waals surface area (Å²) in [4.78, 5) is 12.9. The Kier molecular flexibility index (Phi) is 6.93. The van der Waals surface area contributed by atoms with Crippen molar-refractivity contribution in [3.8, 4) is 11.5 Å². The van der Waals surface area contributed by atoms with Crippen LogP contribution in [0.4, 0.5) is 11.4 Å². The quantitative estimate of drug-likeness (QED) is 0.585. The summed E-state index contributed by atoms with van der Waals surface area (Å²) >= 11 is 2.17. The first-order chi connectivity index (χ1) is 12.7. The molecule has 9 heteroatoms. The number of anilines is 2.